The van der Waals surface area contributed by atoms with Crippen molar-refractivity contribution in [1.82, 2.24) is 19.4 Å². The van der Waals surface area contributed by atoms with Crippen LogP contribution in [0.4, 0.5) is 14.9 Å². The first-order chi connectivity index (χ1) is 13.7. The maximum absolute atomic E-state index is 13.7. The SMILES string of the molecule is O=C(Nc1ccccc1F)N1CCC(c2nccn2Cc2cccnc2)CC1. The highest BCUT2D eigenvalue weighted by Crippen LogP contribution is 2.28. The molecule has 0 bridgehead atoms. The number of hydrogen-bond donors (Lipinski definition) is 1. The molecule has 3 heterocycles. The van der Waals surface area contributed by atoms with Gasteiger partial charge in [-0.1, -0.05) is 18.2 Å². The number of nitrogens with zero attached hydrogens (tertiary/aromatic N) is 4. The standard InChI is InChI=1S/C21H22FN5O/c22-18-5-1-2-6-19(18)25-21(28)26-11-7-17(8-12-26)20-24-10-13-27(20)15-16-4-3-9-23-14-16/h1-6,9-10,13-14,17H,7-8,11-12,15H2,(H,25,28). The lowest BCUT2D eigenvalue weighted by Gasteiger charge is -2.32. The van der Waals surface area contributed by atoms with Crippen LogP contribution >= 0.6 is 0 Å². The van der Waals surface area contributed by atoms with Crippen molar-refractivity contribution in [1.29, 1.82) is 0 Å². The van der Waals surface area contributed by atoms with E-state index in [1.165, 1.54) is 6.07 Å². The van der Waals surface area contributed by atoms with Crippen molar-refractivity contribution < 1.29 is 9.18 Å². The number of imidazole rings is 1. The minimum atomic E-state index is -0.428. The number of likely N-dealkylation sites (tertiary alicyclic amines) is 1. The second-order valence-corrected chi connectivity index (χ2v) is 6.95. The number of rotatable bonds is 4. The number of urea groups is 1. The van der Waals surface area contributed by atoms with Crippen molar-refractivity contribution in [3.05, 3.63) is 78.4 Å². The number of carbonyl (C=O) groups excluding carboxylic acids is 1. The molecule has 1 aromatic carbocycles. The molecule has 1 N–H and O–H groups in total. The van der Waals surface area contributed by atoms with E-state index in [0.29, 0.717) is 19.0 Å². The van der Waals surface area contributed by atoms with Crippen molar-refractivity contribution in [2.24, 2.45) is 0 Å². The van der Waals surface area contributed by atoms with Gasteiger partial charge in [-0.05, 0) is 36.6 Å². The van der Waals surface area contributed by atoms with Gasteiger partial charge in [-0.15, -0.1) is 0 Å². The maximum Gasteiger partial charge on any atom is 0.321 e. The average molecular weight is 379 g/mol. The molecule has 1 saturated heterocycles. The smallest absolute Gasteiger partial charge is 0.321 e. The number of amides is 2. The van der Waals surface area contributed by atoms with Crippen LogP contribution in [0.15, 0.2) is 61.2 Å². The van der Waals surface area contributed by atoms with Gasteiger partial charge < -0.3 is 14.8 Å². The lowest BCUT2D eigenvalue weighted by atomic mass is 9.96. The van der Waals surface area contributed by atoms with E-state index in [9.17, 15) is 9.18 Å². The second-order valence-electron chi connectivity index (χ2n) is 6.95. The lowest BCUT2D eigenvalue weighted by Crippen LogP contribution is -2.41. The summed E-state index contributed by atoms with van der Waals surface area (Å²) < 4.78 is 15.9. The van der Waals surface area contributed by atoms with Gasteiger partial charge in [-0.2, -0.15) is 0 Å². The van der Waals surface area contributed by atoms with E-state index < -0.39 is 5.82 Å². The number of carbonyl (C=O) groups is 1. The molecule has 0 spiro atoms. The van der Waals surface area contributed by atoms with E-state index in [1.54, 1.807) is 29.3 Å². The molecule has 0 atom stereocenters. The van der Waals surface area contributed by atoms with Crippen molar-refractivity contribution >= 4 is 11.7 Å². The van der Waals surface area contributed by atoms with Gasteiger partial charge in [-0.3, -0.25) is 4.98 Å². The topological polar surface area (TPSA) is 63.1 Å². The van der Waals surface area contributed by atoms with Crippen LogP contribution in [0, 0.1) is 5.82 Å². The number of para-hydroxylation sites is 1. The maximum atomic E-state index is 13.7. The minimum Gasteiger partial charge on any atom is -0.330 e. The van der Waals surface area contributed by atoms with E-state index in [2.05, 4.69) is 19.9 Å². The summed E-state index contributed by atoms with van der Waals surface area (Å²) in [7, 11) is 0. The van der Waals surface area contributed by atoms with E-state index in [-0.39, 0.29) is 11.7 Å². The van der Waals surface area contributed by atoms with Crippen molar-refractivity contribution in [3.63, 3.8) is 0 Å². The number of nitrogens with one attached hydrogen (secondary N) is 1. The van der Waals surface area contributed by atoms with E-state index >= 15 is 0 Å². The van der Waals surface area contributed by atoms with Crippen LogP contribution < -0.4 is 5.32 Å². The van der Waals surface area contributed by atoms with Crippen molar-refractivity contribution in [2.75, 3.05) is 18.4 Å². The molecular weight excluding hydrogens is 357 g/mol. The first-order valence-electron chi connectivity index (χ1n) is 9.41. The number of pyridine rings is 1. The Balaban J connectivity index is 1.36. The van der Waals surface area contributed by atoms with Crippen LogP contribution in [0.25, 0.3) is 0 Å². The Hall–Kier alpha value is -3.22. The number of benzene rings is 1. The molecule has 28 heavy (non-hydrogen) atoms. The molecule has 3 aromatic rings. The number of anilines is 1. The van der Waals surface area contributed by atoms with Crippen LogP contribution in [0.5, 0.6) is 0 Å². The van der Waals surface area contributed by atoms with Crippen molar-refractivity contribution in [2.45, 2.75) is 25.3 Å². The summed E-state index contributed by atoms with van der Waals surface area (Å²) in [4.78, 5) is 22.9. The van der Waals surface area contributed by atoms with E-state index in [4.69, 9.17) is 0 Å². The Morgan fingerprint density at radius 2 is 1.96 bits per heavy atom. The summed E-state index contributed by atoms with van der Waals surface area (Å²) in [6.07, 6.45) is 9.09. The van der Waals surface area contributed by atoms with Gasteiger partial charge in [0.05, 0.1) is 12.2 Å². The molecule has 7 heteroatoms. The number of piperidine rings is 1. The summed E-state index contributed by atoms with van der Waals surface area (Å²) >= 11 is 0. The molecule has 2 amide bonds. The molecule has 0 aliphatic carbocycles. The second kappa shape index (κ2) is 8.21. The number of hydrogen-bond acceptors (Lipinski definition) is 3. The first-order valence-corrected chi connectivity index (χ1v) is 9.41. The summed E-state index contributed by atoms with van der Waals surface area (Å²) in [6, 6.07) is 9.92. The minimum absolute atomic E-state index is 0.210. The fourth-order valence-corrected chi connectivity index (χ4v) is 3.60. The van der Waals surface area contributed by atoms with Crippen LogP contribution in [0.3, 0.4) is 0 Å². The lowest BCUT2D eigenvalue weighted by molar-refractivity contribution is 0.193. The zero-order valence-electron chi connectivity index (χ0n) is 15.5. The third-order valence-corrected chi connectivity index (χ3v) is 5.09. The van der Waals surface area contributed by atoms with Crippen LogP contribution in [-0.4, -0.2) is 38.6 Å². The summed E-state index contributed by atoms with van der Waals surface area (Å²) in [6.45, 7) is 1.96. The zero-order chi connectivity index (χ0) is 19.3. The third-order valence-electron chi connectivity index (χ3n) is 5.09. The predicted molar refractivity (Wildman–Crippen MR) is 105 cm³/mol. The largest absolute Gasteiger partial charge is 0.330 e. The number of aromatic nitrogens is 3. The molecular formula is C21H22FN5O. The van der Waals surface area contributed by atoms with Gasteiger partial charge in [0.1, 0.15) is 11.6 Å². The number of halogens is 1. The fourth-order valence-electron chi connectivity index (χ4n) is 3.60. The highest BCUT2D eigenvalue weighted by atomic mass is 19.1. The van der Waals surface area contributed by atoms with Gasteiger partial charge in [-0.25, -0.2) is 14.2 Å². The summed E-state index contributed by atoms with van der Waals surface area (Å²) in [5.74, 6) is 0.908. The van der Waals surface area contributed by atoms with E-state index in [1.807, 2.05) is 30.7 Å². The quantitative estimate of drug-likeness (QED) is 0.748. The van der Waals surface area contributed by atoms with Gasteiger partial charge in [0.2, 0.25) is 0 Å². The van der Waals surface area contributed by atoms with Crippen LogP contribution in [0.2, 0.25) is 0 Å². The van der Waals surface area contributed by atoms with Gasteiger partial charge in [0.25, 0.3) is 0 Å². The Bertz CT molecular complexity index is 935. The van der Waals surface area contributed by atoms with Gasteiger partial charge >= 0.3 is 6.03 Å². The van der Waals surface area contributed by atoms with Crippen molar-refractivity contribution in [3.8, 4) is 0 Å². The fraction of sp³-hybridized carbons (Fsp3) is 0.286. The molecule has 4 rings (SSSR count). The molecule has 0 unspecified atom stereocenters. The normalized spacial score (nSPS) is 14.8. The molecule has 2 aromatic heterocycles. The summed E-state index contributed by atoms with van der Waals surface area (Å²) in [5, 5.41) is 2.66. The molecule has 1 aliphatic heterocycles. The summed E-state index contributed by atoms with van der Waals surface area (Å²) in [5.41, 5.74) is 1.34. The Kier molecular flexibility index (Phi) is 5.32. The van der Waals surface area contributed by atoms with Crippen LogP contribution in [0.1, 0.15) is 30.1 Å². The van der Waals surface area contributed by atoms with E-state index in [0.717, 1.165) is 30.8 Å². The first kappa shape index (κ1) is 18.2. The molecule has 6 nitrogen and oxygen atoms in total. The Morgan fingerprint density at radius 3 is 2.71 bits per heavy atom. The van der Waals surface area contributed by atoms with Gasteiger partial charge in [0.15, 0.2) is 0 Å². The Morgan fingerprint density at radius 1 is 1.14 bits per heavy atom. The average Bonchev–Trinajstić information content (AvgIpc) is 3.18. The Labute approximate surface area is 163 Å². The van der Waals surface area contributed by atoms with Crippen LogP contribution in [-0.2, 0) is 6.54 Å². The highest BCUT2D eigenvalue weighted by molar-refractivity contribution is 5.89. The predicted octanol–water partition coefficient (Wildman–Crippen LogP) is 3.88. The monoisotopic (exact) mass is 379 g/mol. The molecule has 1 fully saturated rings. The molecule has 0 saturated carbocycles. The zero-order valence-corrected chi connectivity index (χ0v) is 15.5. The molecule has 0 radical (unpaired) electrons. The van der Waals surface area contributed by atoms with Gasteiger partial charge in [0, 0.05) is 43.8 Å². The molecule has 144 valence electrons. The third kappa shape index (κ3) is 4.03. The molecule has 1 aliphatic rings. The highest BCUT2D eigenvalue weighted by Gasteiger charge is 2.26.